The van der Waals surface area contributed by atoms with Gasteiger partial charge in [0.25, 0.3) is 0 Å². The number of ether oxygens (including phenoxy) is 1. The minimum atomic E-state index is -3.30. The molecule has 0 radical (unpaired) electrons. The zero-order valence-electron chi connectivity index (χ0n) is 19.1. The smallest absolute Gasteiger partial charge is 0.208 e. The van der Waals surface area contributed by atoms with Gasteiger partial charge in [-0.05, 0) is 55.7 Å². The van der Waals surface area contributed by atoms with Crippen molar-refractivity contribution in [1.29, 1.82) is 0 Å². The minimum absolute atomic E-state index is 0.155. The highest BCUT2D eigenvalue weighted by atomic mass is 32.2. The van der Waals surface area contributed by atoms with Crippen molar-refractivity contribution < 1.29 is 13.2 Å². The lowest BCUT2D eigenvalue weighted by molar-refractivity contribution is -0.0344. The second-order valence-electron chi connectivity index (χ2n) is 9.69. The maximum absolute atomic E-state index is 12.0. The molecule has 2 fully saturated rings. The average Bonchev–Trinajstić information content (AvgIpc) is 2.80. The molecule has 2 heterocycles. The van der Waals surface area contributed by atoms with E-state index in [2.05, 4.69) is 51.9 Å². The molecule has 1 saturated heterocycles. The predicted octanol–water partition coefficient (Wildman–Crippen LogP) is 3.96. The molecule has 1 aromatic carbocycles. The summed E-state index contributed by atoms with van der Waals surface area (Å²) in [6, 6.07) is 16.5. The van der Waals surface area contributed by atoms with Crippen molar-refractivity contribution >= 4 is 15.8 Å². The van der Waals surface area contributed by atoms with E-state index in [1.807, 2.05) is 18.2 Å². The lowest BCUT2D eigenvalue weighted by Gasteiger charge is -2.47. The number of benzene rings is 1. The van der Waals surface area contributed by atoms with Crippen LogP contribution in [0.3, 0.4) is 0 Å². The van der Waals surface area contributed by atoms with Crippen molar-refractivity contribution in [1.82, 2.24) is 9.71 Å². The first-order valence-electron chi connectivity index (χ1n) is 11.6. The van der Waals surface area contributed by atoms with Gasteiger partial charge in [0, 0.05) is 30.7 Å². The number of rotatable bonds is 7. The summed E-state index contributed by atoms with van der Waals surface area (Å²) in [6.45, 7) is 4.14. The maximum Gasteiger partial charge on any atom is 0.208 e. The number of aromatic nitrogens is 1. The Bertz CT molecular complexity index is 962. The largest absolute Gasteiger partial charge is 0.378 e. The predicted molar refractivity (Wildman–Crippen MR) is 128 cm³/mol. The number of nitrogens with zero attached hydrogens (tertiary/aromatic N) is 2. The van der Waals surface area contributed by atoms with Gasteiger partial charge in [0.05, 0.1) is 19.0 Å². The first-order chi connectivity index (χ1) is 15.3. The summed E-state index contributed by atoms with van der Waals surface area (Å²) < 4.78 is 33.4. The number of sulfonamides is 1. The third-order valence-corrected chi connectivity index (χ3v) is 7.72. The van der Waals surface area contributed by atoms with Crippen molar-refractivity contribution in [3.05, 3.63) is 60.3 Å². The molecular weight excluding hydrogens is 422 g/mol. The molecule has 2 aromatic rings. The van der Waals surface area contributed by atoms with E-state index in [0.717, 1.165) is 44.5 Å². The zero-order valence-corrected chi connectivity index (χ0v) is 19.9. The van der Waals surface area contributed by atoms with E-state index < -0.39 is 10.0 Å². The highest BCUT2D eigenvalue weighted by Gasteiger charge is 2.42. The standard InChI is InChI=1S/C25H35N3O3S/c1-25(19-31-22-13-11-21(12-14-22)20-8-4-3-5-9-20)18-28(24-10-6-7-16-26-24)17-15-23(25)27-32(2,29)30/h3-10,16,21-23,27H,11-15,17-19H2,1-2H3. The fourth-order valence-corrected chi connectivity index (χ4v) is 6.12. The fraction of sp³-hybridized carbons (Fsp3) is 0.560. The number of nitrogens with one attached hydrogen (secondary N) is 1. The Morgan fingerprint density at radius 1 is 1.06 bits per heavy atom. The Balaban J connectivity index is 1.40. The second-order valence-corrected chi connectivity index (χ2v) is 11.5. The normalized spacial score (nSPS) is 29.1. The summed E-state index contributed by atoms with van der Waals surface area (Å²) in [5.74, 6) is 1.54. The van der Waals surface area contributed by atoms with Crippen LogP contribution in [-0.2, 0) is 14.8 Å². The SMILES string of the molecule is CC1(COC2CCC(c3ccccc3)CC2)CN(c2ccccn2)CCC1NS(C)(=O)=O. The number of hydrogen-bond donors (Lipinski definition) is 1. The third-order valence-electron chi connectivity index (χ3n) is 7.00. The molecule has 32 heavy (non-hydrogen) atoms. The number of piperidine rings is 1. The summed E-state index contributed by atoms with van der Waals surface area (Å²) in [5.41, 5.74) is 1.09. The molecule has 1 aliphatic carbocycles. The van der Waals surface area contributed by atoms with Crippen molar-refractivity contribution in [3.8, 4) is 0 Å². The van der Waals surface area contributed by atoms with Crippen LogP contribution in [-0.4, -0.2) is 51.5 Å². The van der Waals surface area contributed by atoms with Crippen molar-refractivity contribution in [2.24, 2.45) is 5.41 Å². The van der Waals surface area contributed by atoms with Crippen molar-refractivity contribution in [2.75, 3.05) is 30.9 Å². The number of hydrogen-bond acceptors (Lipinski definition) is 5. The molecular formula is C25H35N3O3S. The van der Waals surface area contributed by atoms with Gasteiger partial charge in [-0.15, -0.1) is 0 Å². The quantitative estimate of drug-likeness (QED) is 0.681. The minimum Gasteiger partial charge on any atom is -0.378 e. The van der Waals surface area contributed by atoms with E-state index in [1.54, 1.807) is 6.20 Å². The van der Waals surface area contributed by atoms with Crippen LogP contribution in [0.25, 0.3) is 0 Å². The lowest BCUT2D eigenvalue weighted by atomic mass is 9.78. The van der Waals surface area contributed by atoms with E-state index in [-0.39, 0.29) is 17.6 Å². The highest BCUT2D eigenvalue weighted by Crippen LogP contribution is 2.37. The molecule has 2 unspecified atom stereocenters. The van der Waals surface area contributed by atoms with Crippen LogP contribution in [0.4, 0.5) is 5.82 Å². The van der Waals surface area contributed by atoms with Crippen LogP contribution in [0.1, 0.15) is 50.5 Å². The summed E-state index contributed by atoms with van der Waals surface area (Å²) in [6.07, 6.45) is 8.36. The van der Waals surface area contributed by atoms with Gasteiger partial charge in [-0.25, -0.2) is 18.1 Å². The van der Waals surface area contributed by atoms with Crippen LogP contribution < -0.4 is 9.62 Å². The molecule has 2 atom stereocenters. The molecule has 1 aromatic heterocycles. The average molecular weight is 458 g/mol. The second kappa shape index (κ2) is 9.89. The Kier molecular flexibility index (Phi) is 7.17. The Hall–Kier alpha value is -1.96. The molecule has 1 aliphatic heterocycles. The first kappa shape index (κ1) is 23.2. The monoisotopic (exact) mass is 457 g/mol. The van der Waals surface area contributed by atoms with Crippen LogP contribution in [0.2, 0.25) is 0 Å². The zero-order chi connectivity index (χ0) is 22.6. The van der Waals surface area contributed by atoms with E-state index in [0.29, 0.717) is 19.1 Å². The van der Waals surface area contributed by atoms with Gasteiger partial charge in [0.1, 0.15) is 5.82 Å². The van der Waals surface area contributed by atoms with Crippen LogP contribution in [0.15, 0.2) is 54.7 Å². The van der Waals surface area contributed by atoms with Crippen LogP contribution >= 0.6 is 0 Å². The van der Waals surface area contributed by atoms with E-state index in [4.69, 9.17) is 4.74 Å². The maximum atomic E-state index is 12.0. The van der Waals surface area contributed by atoms with Crippen molar-refractivity contribution in [3.63, 3.8) is 0 Å². The Morgan fingerprint density at radius 2 is 1.78 bits per heavy atom. The topological polar surface area (TPSA) is 71.5 Å². The van der Waals surface area contributed by atoms with Gasteiger partial charge in [-0.3, -0.25) is 0 Å². The van der Waals surface area contributed by atoms with Gasteiger partial charge < -0.3 is 9.64 Å². The molecule has 6 nitrogen and oxygen atoms in total. The summed E-state index contributed by atoms with van der Waals surface area (Å²) >= 11 is 0. The molecule has 0 amide bonds. The van der Waals surface area contributed by atoms with Gasteiger partial charge in [0.2, 0.25) is 10.0 Å². The van der Waals surface area contributed by atoms with Gasteiger partial charge in [-0.1, -0.05) is 43.3 Å². The third kappa shape index (κ3) is 5.88. The van der Waals surface area contributed by atoms with E-state index in [1.165, 1.54) is 11.8 Å². The van der Waals surface area contributed by atoms with Crippen LogP contribution in [0.5, 0.6) is 0 Å². The molecule has 4 rings (SSSR count). The van der Waals surface area contributed by atoms with Gasteiger partial charge in [0.15, 0.2) is 0 Å². The molecule has 0 bridgehead atoms. The summed E-state index contributed by atoms with van der Waals surface area (Å²) in [4.78, 5) is 6.75. The van der Waals surface area contributed by atoms with Crippen LogP contribution in [0, 0.1) is 5.41 Å². The Morgan fingerprint density at radius 3 is 2.44 bits per heavy atom. The molecule has 0 spiro atoms. The molecule has 1 saturated carbocycles. The summed E-state index contributed by atoms with van der Waals surface area (Å²) in [5, 5.41) is 0. The molecule has 1 N–H and O–H groups in total. The first-order valence-corrected chi connectivity index (χ1v) is 13.5. The number of pyridine rings is 1. The van der Waals surface area contributed by atoms with E-state index in [9.17, 15) is 8.42 Å². The Labute approximate surface area is 192 Å². The van der Waals surface area contributed by atoms with Gasteiger partial charge >= 0.3 is 0 Å². The highest BCUT2D eigenvalue weighted by molar-refractivity contribution is 7.88. The fourth-order valence-electron chi connectivity index (χ4n) is 5.20. The van der Waals surface area contributed by atoms with Gasteiger partial charge in [-0.2, -0.15) is 0 Å². The summed E-state index contributed by atoms with van der Waals surface area (Å²) in [7, 11) is -3.30. The molecule has 174 valence electrons. The molecule has 7 heteroatoms. The lowest BCUT2D eigenvalue weighted by Crippen LogP contribution is -2.59. The van der Waals surface area contributed by atoms with Crippen molar-refractivity contribution in [2.45, 2.75) is 57.1 Å². The molecule has 2 aliphatic rings. The number of anilines is 1. The van der Waals surface area contributed by atoms with E-state index >= 15 is 0 Å².